The highest BCUT2D eigenvalue weighted by molar-refractivity contribution is 5.97. The Labute approximate surface area is 305 Å². The number of hydrogen-bond donors (Lipinski definition) is 10. The SMILES string of the molecule is NC(=O)NCCC[C@@H]1NC(=O)[C@H](CCCN=C(N)N)NC(=O)[C@@H](Cc2ccc(O)cc2)NC(=O)CNC(=O)[C@H](Cc2ccc3ccccc3c2)NC1=O. The first-order chi connectivity index (χ1) is 25.4. The van der Waals surface area contributed by atoms with Crippen LogP contribution in [0.3, 0.4) is 0 Å². The molecule has 13 N–H and O–H groups in total. The van der Waals surface area contributed by atoms with Crippen LogP contribution < -0.4 is 49.1 Å². The van der Waals surface area contributed by atoms with E-state index in [1.807, 2.05) is 42.5 Å². The molecule has 53 heavy (non-hydrogen) atoms. The number of nitrogens with one attached hydrogen (secondary N) is 6. The number of guanidine groups is 1. The first-order valence-electron chi connectivity index (χ1n) is 17.2. The molecule has 7 amide bonds. The number of carbonyl (C=O) groups excluding carboxylic acids is 6. The fourth-order valence-electron chi connectivity index (χ4n) is 5.80. The summed E-state index contributed by atoms with van der Waals surface area (Å²) in [6.07, 6.45) is 0.588. The van der Waals surface area contributed by atoms with Gasteiger partial charge < -0.3 is 54.2 Å². The van der Waals surface area contributed by atoms with Crippen LogP contribution >= 0.6 is 0 Å². The van der Waals surface area contributed by atoms with E-state index in [1.165, 1.54) is 12.1 Å². The van der Waals surface area contributed by atoms with Gasteiger partial charge in [0.2, 0.25) is 29.5 Å². The Hall–Kier alpha value is -6.39. The van der Waals surface area contributed by atoms with Crippen LogP contribution in [0.15, 0.2) is 71.7 Å². The highest BCUT2D eigenvalue weighted by atomic mass is 16.3. The number of phenols is 1. The maximum atomic E-state index is 13.9. The summed E-state index contributed by atoms with van der Waals surface area (Å²) in [6.45, 7) is -0.284. The molecule has 0 unspecified atom stereocenters. The van der Waals surface area contributed by atoms with E-state index < -0.39 is 66.3 Å². The van der Waals surface area contributed by atoms with Gasteiger partial charge in [-0.05, 0) is 59.7 Å². The number of nitrogens with two attached hydrogens (primary N) is 3. The summed E-state index contributed by atoms with van der Waals surface area (Å²) in [5.41, 5.74) is 17.4. The molecule has 0 saturated carbocycles. The molecular weight excluding hydrogens is 684 g/mol. The number of aliphatic imine (C=N–C) groups is 1. The maximum Gasteiger partial charge on any atom is 0.312 e. The van der Waals surface area contributed by atoms with Crippen molar-refractivity contribution in [3.8, 4) is 5.75 Å². The van der Waals surface area contributed by atoms with Crippen molar-refractivity contribution in [3.63, 3.8) is 0 Å². The number of rotatable bonds is 12. The molecule has 17 heteroatoms. The monoisotopic (exact) mass is 730 g/mol. The van der Waals surface area contributed by atoms with Crippen molar-refractivity contribution in [2.75, 3.05) is 19.6 Å². The molecule has 4 atom stereocenters. The van der Waals surface area contributed by atoms with Crippen molar-refractivity contribution in [1.82, 2.24) is 31.9 Å². The Morgan fingerprint density at radius 1 is 0.698 bits per heavy atom. The van der Waals surface area contributed by atoms with Crippen molar-refractivity contribution in [1.29, 1.82) is 0 Å². The van der Waals surface area contributed by atoms with Gasteiger partial charge in [-0.1, -0.05) is 54.6 Å². The standard InChI is InChI=1S/C36H46N10O7/c37-35(38)40-15-3-7-26-32(50)44-27(8-4-16-41-36(39)53)33(51)46-28(19-22-9-12-23-5-1-2-6-24(23)17-22)31(49)42-20-30(48)43-29(34(52)45-26)18-21-10-13-25(47)14-11-21/h1-2,5-6,9-14,17,26-29,47H,3-4,7-8,15-16,18-20H2,(H,42,49)(H,43,48)(H,44,50)(H,45,52)(H,46,51)(H4,37,38,40)(H3,39,41,53)/t26-,27-,28-,29+/m0/s1. The molecule has 3 aromatic carbocycles. The van der Waals surface area contributed by atoms with Gasteiger partial charge in [-0.15, -0.1) is 0 Å². The van der Waals surface area contributed by atoms with Gasteiger partial charge in [0.05, 0.1) is 6.54 Å². The van der Waals surface area contributed by atoms with Gasteiger partial charge in [-0.3, -0.25) is 29.0 Å². The lowest BCUT2D eigenvalue weighted by Gasteiger charge is -2.26. The van der Waals surface area contributed by atoms with Crippen LogP contribution in [0, 0.1) is 0 Å². The minimum absolute atomic E-state index is 0.00546. The third-order valence-electron chi connectivity index (χ3n) is 8.52. The van der Waals surface area contributed by atoms with Crippen LogP contribution in [0.1, 0.15) is 36.8 Å². The lowest BCUT2D eigenvalue weighted by atomic mass is 10.0. The third kappa shape index (κ3) is 12.7. The number of amides is 7. The number of urea groups is 1. The van der Waals surface area contributed by atoms with Crippen LogP contribution in [-0.4, -0.2) is 90.4 Å². The molecule has 1 aliphatic rings. The van der Waals surface area contributed by atoms with Crippen molar-refractivity contribution in [3.05, 3.63) is 77.9 Å². The van der Waals surface area contributed by atoms with Gasteiger partial charge >= 0.3 is 6.03 Å². The zero-order valence-corrected chi connectivity index (χ0v) is 29.1. The van der Waals surface area contributed by atoms with Gasteiger partial charge in [0.1, 0.15) is 29.9 Å². The average Bonchev–Trinajstić information content (AvgIpc) is 3.12. The Morgan fingerprint density at radius 2 is 1.26 bits per heavy atom. The molecular formula is C36H46N10O7. The fourth-order valence-corrected chi connectivity index (χ4v) is 5.80. The molecule has 1 fully saturated rings. The zero-order valence-electron chi connectivity index (χ0n) is 29.1. The minimum atomic E-state index is -1.21. The number of carbonyl (C=O) groups is 6. The number of benzene rings is 3. The second-order valence-electron chi connectivity index (χ2n) is 12.7. The van der Waals surface area contributed by atoms with E-state index >= 15 is 0 Å². The predicted octanol–water partition coefficient (Wildman–Crippen LogP) is -1.10. The smallest absolute Gasteiger partial charge is 0.312 e. The van der Waals surface area contributed by atoms with Crippen molar-refractivity contribution < 1.29 is 33.9 Å². The van der Waals surface area contributed by atoms with Crippen molar-refractivity contribution in [2.24, 2.45) is 22.2 Å². The van der Waals surface area contributed by atoms with Gasteiger partial charge in [0.15, 0.2) is 5.96 Å². The van der Waals surface area contributed by atoms with Gasteiger partial charge in [-0.25, -0.2) is 4.79 Å². The molecule has 0 aliphatic carbocycles. The van der Waals surface area contributed by atoms with E-state index in [0.717, 1.165) is 16.3 Å². The number of phenolic OH excluding ortho intramolecular Hbond substituents is 1. The summed E-state index contributed by atoms with van der Waals surface area (Å²) in [5, 5.41) is 27.4. The zero-order chi connectivity index (χ0) is 38.3. The normalized spacial score (nSPS) is 20.0. The molecule has 1 aliphatic heterocycles. The molecule has 3 aromatic rings. The van der Waals surface area contributed by atoms with Crippen LogP contribution in [-0.2, 0) is 36.8 Å². The highest BCUT2D eigenvalue weighted by Gasteiger charge is 2.32. The second-order valence-corrected chi connectivity index (χ2v) is 12.7. The van der Waals surface area contributed by atoms with Crippen molar-refractivity contribution in [2.45, 2.75) is 62.7 Å². The Morgan fingerprint density at radius 3 is 1.92 bits per heavy atom. The largest absolute Gasteiger partial charge is 0.508 e. The van der Waals surface area contributed by atoms with Crippen molar-refractivity contribution >= 4 is 52.3 Å². The average molecular weight is 731 g/mol. The quantitative estimate of drug-likeness (QED) is 0.0614. The number of primary amides is 1. The number of aromatic hydroxyl groups is 1. The molecule has 17 nitrogen and oxygen atoms in total. The molecule has 0 spiro atoms. The first-order valence-corrected chi connectivity index (χ1v) is 17.2. The van der Waals surface area contributed by atoms with E-state index in [9.17, 15) is 33.9 Å². The Bertz CT molecular complexity index is 1810. The van der Waals surface area contributed by atoms with E-state index in [-0.39, 0.29) is 63.3 Å². The van der Waals surface area contributed by atoms with E-state index in [2.05, 4.69) is 36.9 Å². The molecule has 0 aromatic heterocycles. The van der Waals surface area contributed by atoms with Crippen LogP contribution in [0.5, 0.6) is 5.75 Å². The Balaban J connectivity index is 1.67. The molecule has 1 saturated heterocycles. The van der Waals surface area contributed by atoms with E-state index in [4.69, 9.17) is 17.2 Å². The summed E-state index contributed by atoms with van der Waals surface area (Å²) < 4.78 is 0. The molecule has 0 bridgehead atoms. The highest BCUT2D eigenvalue weighted by Crippen LogP contribution is 2.17. The number of fused-ring (bicyclic) bond motifs is 1. The fraction of sp³-hybridized carbons (Fsp3) is 0.361. The van der Waals surface area contributed by atoms with Gasteiger partial charge in [0, 0.05) is 25.9 Å². The van der Waals surface area contributed by atoms with Gasteiger partial charge in [-0.2, -0.15) is 0 Å². The number of hydrogen-bond acceptors (Lipinski definition) is 8. The Kier molecular flexibility index (Phi) is 14.3. The van der Waals surface area contributed by atoms with Crippen LogP contribution in [0.4, 0.5) is 4.79 Å². The lowest BCUT2D eigenvalue weighted by Crippen LogP contribution is -2.58. The second kappa shape index (κ2) is 19.3. The van der Waals surface area contributed by atoms with E-state index in [1.54, 1.807) is 12.1 Å². The summed E-state index contributed by atoms with van der Waals surface area (Å²) in [4.78, 5) is 83.6. The molecule has 0 radical (unpaired) electrons. The topological polar surface area (TPSA) is 285 Å². The van der Waals surface area contributed by atoms with Crippen LogP contribution in [0.2, 0.25) is 0 Å². The molecule has 1 heterocycles. The molecule has 4 rings (SSSR count). The lowest BCUT2D eigenvalue weighted by molar-refractivity contribution is -0.134. The summed E-state index contributed by atoms with van der Waals surface area (Å²) in [7, 11) is 0. The molecule has 282 valence electrons. The third-order valence-corrected chi connectivity index (χ3v) is 8.52. The predicted molar refractivity (Wildman–Crippen MR) is 197 cm³/mol. The summed E-state index contributed by atoms with van der Waals surface area (Å²) in [6, 6.07) is 13.7. The summed E-state index contributed by atoms with van der Waals surface area (Å²) >= 11 is 0. The van der Waals surface area contributed by atoms with Gasteiger partial charge in [0.25, 0.3) is 0 Å². The van der Waals surface area contributed by atoms with E-state index in [0.29, 0.717) is 5.56 Å². The van der Waals surface area contributed by atoms with Crippen LogP contribution in [0.25, 0.3) is 10.8 Å². The maximum absolute atomic E-state index is 13.9. The minimum Gasteiger partial charge on any atom is -0.508 e. The summed E-state index contributed by atoms with van der Waals surface area (Å²) in [5.74, 6) is -3.65. The first kappa shape index (κ1) is 39.4. The number of nitrogens with zero attached hydrogens (tertiary/aromatic N) is 1.